The fourth-order valence-electron chi connectivity index (χ4n) is 1.79. The number of benzene rings is 2. The number of hydrogen-bond acceptors (Lipinski definition) is 3. The molecule has 0 saturated heterocycles. The summed E-state index contributed by atoms with van der Waals surface area (Å²) >= 11 is 0. The van der Waals surface area contributed by atoms with Crippen LogP contribution in [0.25, 0.3) is 0 Å². The summed E-state index contributed by atoms with van der Waals surface area (Å²) in [7, 11) is 3.20. The van der Waals surface area contributed by atoms with Crippen LogP contribution in [-0.4, -0.2) is 14.2 Å². The average Bonchev–Trinajstić information content (AvgIpc) is 2.45. The van der Waals surface area contributed by atoms with Crippen LogP contribution >= 0.6 is 0 Å². The summed E-state index contributed by atoms with van der Waals surface area (Å²) in [5.41, 5.74) is 1.77. The molecule has 2 aromatic carbocycles. The highest BCUT2D eigenvalue weighted by Gasteiger charge is 2.04. The van der Waals surface area contributed by atoms with Crippen LogP contribution in [0.4, 0.5) is 10.1 Å². The molecule has 1 N–H and O–H groups in total. The monoisotopic (exact) mass is 261 g/mol. The Bertz CT molecular complexity index is 558. The van der Waals surface area contributed by atoms with Crippen molar-refractivity contribution in [3.63, 3.8) is 0 Å². The van der Waals surface area contributed by atoms with E-state index in [2.05, 4.69) is 5.32 Å². The van der Waals surface area contributed by atoms with Crippen molar-refractivity contribution < 1.29 is 13.9 Å². The topological polar surface area (TPSA) is 30.5 Å². The lowest BCUT2D eigenvalue weighted by molar-refractivity contribution is 0.354. The van der Waals surface area contributed by atoms with Gasteiger partial charge in [0, 0.05) is 12.2 Å². The van der Waals surface area contributed by atoms with E-state index in [1.165, 1.54) is 12.1 Å². The minimum absolute atomic E-state index is 0.252. The molecule has 0 saturated carbocycles. The second kappa shape index (κ2) is 6.09. The molecule has 19 heavy (non-hydrogen) atoms. The third-order valence-electron chi connectivity index (χ3n) is 2.77. The molecule has 0 bridgehead atoms. The highest BCUT2D eigenvalue weighted by Crippen LogP contribution is 2.27. The molecule has 0 amide bonds. The van der Waals surface area contributed by atoms with Crippen LogP contribution in [-0.2, 0) is 6.54 Å². The lowest BCUT2D eigenvalue weighted by Gasteiger charge is -2.11. The van der Waals surface area contributed by atoms with Crippen LogP contribution in [0.2, 0.25) is 0 Å². The van der Waals surface area contributed by atoms with E-state index in [9.17, 15) is 4.39 Å². The lowest BCUT2D eigenvalue weighted by atomic mass is 10.2. The Morgan fingerprint density at radius 1 is 1.00 bits per heavy atom. The Morgan fingerprint density at radius 3 is 2.47 bits per heavy atom. The van der Waals surface area contributed by atoms with Crippen molar-refractivity contribution >= 4 is 5.69 Å². The van der Waals surface area contributed by atoms with Crippen LogP contribution in [0.1, 0.15) is 5.56 Å². The molecule has 0 spiro atoms. The summed E-state index contributed by atoms with van der Waals surface area (Å²) in [5.74, 6) is 1.12. The molecule has 0 aromatic heterocycles. The Hall–Kier alpha value is -2.23. The van der Waals surface area contributed by atoms with Gasteiger partial charge in [0.2, 0.25) is 0 Å². The van der Waals surface area contributed by atoms with Crippen molar-refractivity contribution in [2.75, 3.05) is 19.5 Å². The zero-order valence-corrected chi connectivity index (χ0v) is 10.9. The minimum atomic E-state index is -0.252. The van der Waals surface area contributed by atoms with Gasteiger partial charge < -0.3 is 14.8 Å². The predicted octanol–water partition coefficient (Wildman–Crippen LogP) is 3.46. The SMILES string of the molecule is COc1ccc(CNc2cccc(F)c2)cc1OC. The van der Waals surface area contributed by atoms with Crippen molar-refractivity contribution in [3.8, 4) is 11.5 Å². The van der Waals surface area contributed by atoms with Gasteiger partial charge in [-0.2, -0.15) is 0 Å². The zero-order chi connectivity index (χ0) is 13.7. The van der Waals surface area contributed by atoms with Gasteiger partial charge in [0.15, 0.2) is 11.5 Å². The molecular weight excluding hydrogens is 245 g/mol. The number of rotatable bonds is 5. The first-order chi connectivity index (χ1) is 9.22. The molecule has 2 aromatic rings. The maximum Gasteiger partial charge on any atom is 0.161 e. The second-order valence-electron chi connectivity index (χ2n) is 4.05. The Labute approximate surface area is 112 Å². The van der Waals surface area contributed by atoms with E-state index in [4.69, 9.17) is 9.47 Å². The number of ether oxygens (including phenoxy) is 2. The van der Waals surface area contributed by atoms with Crippen LogP contribution < -0.4 is 14.8 Å². The first-order valence-corrected chi connectivity index (χ1v) is 5.93. The maximum absolute atomic E-state index is 13.0. The number of hydrogen-bond donors (Lipinski definition) is 1. The van der Waals surface area contributed by atoms with E-state index in [-0.39, 0.29) is 5.82 Å². The first-order valence-electron chi connectivity index (χ1n) is 5.93. The highest BCUT2D eigenvalue weighted by atomic mass is 19.1. The molecule has 0 aliphatic rings. The smallest absolute Gasteiger partial charge is 0.161 e. The van der Waals surface area contributed by atoms with Crippen LogP contribution in [0.3, 0.4) is 0 Å². The van der Waals surface area contributed by atoms with Gasteiger partial charge in [-0.1, -0.05) is 12.1 Å². The standard InChI is InChI=1S/C15H16FNO2/c1-18-14-7-6-11(8-15(14)19-2)10-17-13-5-3-4-12(16)9-13/h3-9,17H,10H2,1-2H3. The number of methoxy groups -OCH3 is 2. The predicted molar refractivity (Wildman–Crippen MR) is 73.3 cm³/mol. The zero-order valence-electron chi connectivity index (χ0n) is 10.9. The fourth-order valence-corrected chi connectivity index (χ4v) is 1.79. The second-order valence-corrected chi connectivity index (χ2v) is 4.05. The van der Waals surface area contributed by atoms with E-state index in [0.717, 1.165) is 11.3 Å². The van der Waals surface area contributed by atoms with Crippen molar-refractivity contribution in [1.82, 2.24) is 0 Å². The Balaban J connectivity index is 2.07. The Kier molecular flexibility index (Phi) is 4.23. The molecule has 2 rings (SSSR count). The van der Waals surface area contributed by atoms with Crippen molar-refractivity contribution in [1.29, 1.82) is 0 Å². The summed E-state index contributed by atoms with van der Waals surface area (Å²) in [4.78, 5) is 0. The van der Waals surface area contributed by atoms with Gasteiger partial charge in [0.05, 0.1) is 14.2 Å². The number of anilines is 1. The summed E-state index contributed by atoms with van der Waals surface area (Å²) < 4.78 is 23.4. The fraction of sp³-hybridized carbons (Fsp3) is 0.200. The minimum Gasteiger partial charge on any atom is -0.493 e. The molecule has 3 nitrogen and oxygen atoms in total. The summed E-state index contributed by atoms with van der Waals surface area (Å²) in [6, 6.07) is 12.1. The number of nitrogens with one attached hydrogen (secondary N) is 1. The molecule has 100 valence electrons. The molecule has 0 heterocycles. The molecule has 0 aliphatic heterocycles. The van der Waals surface area contributed by atoms with Gasteiger partial charge in [0.25, 0.3) is 0 Å². The summed E-state index contributed by atoms with van der Waals surface area (Å²) in [6.45, 7) is 0.587. The average molecular weight is 261 g/mol. The van der Waals surface area contributed by atoms with E-state index < -0.39 is 0 Å². The van der Waals surface area contributed by atoms with Gasteiger partial charge >= 0.3 is 0 Å². The maximum atomic E-state index is 13.0. The summed E-state index contributed by atoms with van der Waals surface area (Å²) in [6.07, 6.45) is 0. The van der Waals surface area contributed by atoms with Gasteiger partial charge in [-0.15, -0.1) is 0 Å². The quantitative estimate of drug-likeness (QED) is 0.894. The summed E-state index contributed by atoms with van der Waals surface area (Å²) in [5, 5.41) is 3.15. The van der Waals surface area contributed by atoms with E-state index in [1.807, 2.05) is 24.3 Å². The van der Waals surface area contributed by atoms with Crippen molar-refractivity contribution in [3.05, 3.63) is 53.8 Å². The first kappa shape index (κ1) is 13.2. The van der Waals surface area contributed by atoms with E-state index >= 15 is 0 Å². The molecule has 0 unspecified atom stereocenters. The van der Waals surface area contributed by atoms with Crippen LogP contribution in [0.15, 0.2) is 42.5 Å². The van der Waals surface area contributed by atoms with Gasteiger partial charge in [-0.05, 0) is 35.9 Å². The number of halogens is 1. The highest BCUT2D eigenvalue weighted by molar-refractivity contribution is 5.46. The molecule has 0 fully saturated rings. The molecule has 0 atom stereocenters. The normalized spacial score (nSPS) is 10.1. The van der Waals surface area contributed by atoms with Crippen LogP contribution in [0.5, 0.6) is 11.5 Å². The third-order valence-corrected chi connectivity index (χ3v) is 2.77. The van der Waals surface area contributed by atoms with Crippen molar-refractivity contribution in [2.45, 2.75) is 6.54 Å². The van der Waals surface area contributed by atoms with E-state index in [1.54, 1.807) is 20.3 Å². The lowest BCUT2D eigenvalue weighted by Crippen LogP contribution is -2.00. The van der Waals surface area contributed by atoms with Crippen LogP contribution in [0, 0.1) is 5.82 Å². The van der Waals surface area contributed by atoms with Gasteiger partial charge in [0.1, 0.15) is 5.82 Å². The van der Waals surface area contributed by atoms with Gasteiger partial charge in [-0.3, -0.25) is 0 Å². The molecule has 0 aliphatic carbocycles. The Morgan fingerprint density at radius 2 is 1.79 bits per heavy atom. The van der Waals surface area contributed by atoms with Crippen molar-refractivity contribution in [2.24, 2.45) is 0 Å². The third kappa shape index (κ3) is 3.37. The van der Waals surface area contributed by atoms with E-state index in [0.29, 0.717) is 18.0 Å². The molecule has 4 heteroatoms. The molecule has 0 radical (unpaired) electrons. The van der Waals surface area contributed by atoms with Gasteiger partial charge in [-0.25, -0.2) is 4.39 Å². The molecular formula is C15H16FNO2. The largest absolute Gasteiger partial charge is 0.493 e.